The summed E-state index contributed by atoms with van der Waals surface area (Å²) in [5, 5.41) is 0.834. The molecular weight excluding hydrogens is 230 g/mol. The Morgan fingerprint density at radius 1 is 1.53 bits per heavy atom. The molecule has 1 atom stereocenters. The molecule has 0 aliphatic carbocycles. The maximum atomic E-state index is 11.6. The molecule has 1 aromatic carbocycles. The third-order valence-corrected chi connectivity index (χ3v) is 3.32. The molecular formula is C11H12ClNOS. The number of nitrogens with zero attached hydrogens (tertiary/aromatic N) is 1. The van der Waals surface area contributed by atoms with Crippen molar-refractivity contribution in [2.75, 3.05) is 11.4 Å². The minimum absolute atomic E-state index is 0.120. The van der Waals surface area contributed by atoms with Gasteiger partial charge in [0.05, 0.1) is 0 Å². The molecule has 1 aromatic rings. The fourth-order valence-corrected chi connectivity index (χ4v) is 2.18. The summed E-state index contributed by atoms with van der Waals surface area (Å²) in [5.41, 5.74) is 1.89. The van der Waals surface area contributed by atoms with Crippen molar-refractivity contribution in [2.24, 2.45) is 0 Å². The highest BCUT2D eigenvalue weighted by Gasteiger charge is 2.28. The first-order valence-corrected chi connectivity index (χ1v) is 5.72. The summed E-state index contributed by atoms with van der Waals surface area (Å²) >= 11 is 10.3. The highest BCUT2D eigenvalue weighted by atomic mass is 35.5. The number of anilines is 1. The SMILES string of the molecule is Cc1ccc(N2CC(S)CC2=O)cc1Cl. The summed E-state index contributed by atoms with van der Waals surface area (Å²) in [5.74, 6) is 0.120. The number of hydrogen-bond acceptors (Lipinski definition) is 2. The summed E-state index contributed by atoms with van der Waals surface area (Å²) in [6, 6.07) is 5.68. The quantitative estimate of drug-likeness (QED) is 0.750. The minimum atomic E-state index is 0.120. The van der Waals surface area contributed by atoms with E-state index in [1.165, 1.54) is 0 Å². The van der Waals surface area contributed by atoms with Gasteiger partial charge in [0, 0.05) is 28.9 Å². The second kappa shape index (κ2) is 4.06. The van der Waals surface area contributed by atoms with Gasteiger partial charge in [0.1, 0.15) is 0 Å². The molecule has 2 nitrogen and oxygen atoms in total. The van der Waals surface area contributed by atoms with E-state index in [1.807, 2.05) is 25.1 Å². The Morgan fingerprint density at radius 2 is 2.27 bits per heavy atom. The average Bonchev–Trinajstić information content (AvgIpc) is 2.50. The minimum Gasteiger partial charge on any atom is -0.311 e. The standard InChI is InChI=1S/C11H12ClNOS/c1-7-2-3-8(4-10(7)12)13-6-9(15)5-11(13)14/h2-4,9,15H,5-6H2,1H3. The molecule has 1 unspecified atom stereocenters. The van der Waals surface area contributed by atoms with Crippen LogP contribution in [-0.2, 0) is 4.79 Å². The Bertz CT molecular complexity index is 408. The second-order valence-corrected chi connectivity index (χ2v) is 4.93. The lowest BCUT2D eigenvalue weighted by Gasteiger charge is -2.16. The van der Waals surface area contributed by atoms with Gasteiger partial charge >= 0.3 is 0 Å². The first-order chi connectivity index (χ1) is 7.08. The van der Waals surface area contributed by atoms with Crippen LogP contribution in [0.25, 0.3) is 0 Å². The van der Waals surface area contributed by atoms with Gasteiger partial charge in [0.25, 0.3) is 0 Å². The van der Waals surface area contributed by atoms with Crippen molar-refractivity contribution in [1.82, 2.24) is 0 Å². The molecule has 1 amide bonds. The first kappa shape index (κ1) is 10.8. The number of carbonyl (C=O) groups is 1. The maximum Gasteiger partial charge on any atom is 0.228 e. The number of benzene rings is 1. The van der Waals surface area contributed by atoms with Crippen molar-refractivity contribution in [3.05, 3.63) is 28.8 Å². The van der Waals surface area contributed by atoms with Gasteiger partial charge in [0.2, 0.25) is 5.91 Å². The molecule has 2 rings (SSSR count). The molecule has 0 saturated carbocycles. The van der Waals surface area contributed by atoms with E-state index in [-0.39, 0.29) is 11.2 Å². The molecule has 0 bridgehead atoms. The van der Waals surface area contributed by atoms with Gasteiger partial charge in [-0.3, -0.25) is 4.79 Å². The number of halogens is 1. The average molecular weight is 242 g/mol. The van der Waals surface area contributed by atoms with Crippen LogP contribution in [0.5, 0.6) is 0 Å². The fourth-order valence-electron chi connectivity index (χ4n) is 1.69. The zero-order valence-corrected chi connectivity index (χ0v) is 10.1. The summed E-state index contributed by atoms with van der Waals surface area (Å²) in [4.78, 5) is 13.4. The number of carbonyl (C=O) groups excluding carboxylic acids is 1. The summed E-state index contributed by atoms with van der Waals surface area (Å²) in [6.45, 7) is 2.61. The van der Waals surface area contributed by atoms with E-state index >= 15 is 0 Å². The maximum absolute atomic E-state index is 11.6. The van der Waals surface area contributed by atoms with Crippen molar-refractivity contribution in [3.8, 4) is 0 Å². The highest BCUT2D eigenvalue weighted by Crippen LogP contribution is 2.27. The zero-order chi connectivity index (χ0) is 11.0. The van der Waals surface area contributed by atoms with Gasteiger partial charge in [-0.15, -0.1) is 0 Å². The number of hydrogen-bond donors (Lipinski definition) is 1. The van der Waals surface area contributed by atoms with Gasteiger partial charge < -0.3 is 4.90 Å². The summed E-state index contributed by atoms with van der Waals surface area (Å²) < 4.78 is 0. The third-order valence-electron chi connectivity index (χ3n) is 2.57. The van der Waals surface area contributed by atoms with E-state index in [0.29, 0.717) is 18.0 Å². The zero-order valence-electron chi connectivity index (χ0n) is 8.40. The lowest BCUT2D eigenvalue weighted by molar-refractivity contribution is -0.117. The van der Waals surface area contributed by atoms with E-state index in [1.54, 1.807) is 4.90 Å². The fraction of sp³-hybridized carbons (Fsp3) is 0.364. The predicted molar refractivity (Wildman–Crippen MR) is 65.9 cm³/mol. The van der Waals surface area contributed by atoms with Crippen LogP contribution in [0.1, 0.15) is 12.0 Å². The Kier molecular flexibility index (Phi) is 2.94. The number of amides is 1. The van der Waals surface area contributed by atoms with Crippen LogP contribution in [0.15, 0.2) is 18.2 Å². The Morgan fingerprint density at radius 3 is 2.80 bits per heavy atom. The molecule has 0 N–H and O–H groups in total. The predicted octanol–water partition coefficient (Wildman–Crippen LogP) is 2.68. The van der Waals surface area contributed by atoms with Crippen molar-refractivity contribution < 1.29 is 4.79 Å². The third kappa shape index (κ3) is 2.13. The smallest absolute Gasteiger partial charge is 0.228 e. The van der Waals surface area contributed by atoms with Crippen LogP contribution in [0.2, 0.25) is 5.02 Å². The molecule has 1 aliphatic rings. The Hall–Kier alpha value is -0.670. The van der Waals surface area contributed by atoms with Crippen LogP contribution in [0.4, 0.5) is 5.69 Å². The van der Waals surface area contributed by atoms with Gasteiger partial charge in [-0.25, -0.2) is 0 Å². The summed E-state index contributed by atoms with van der Waals surface area (Å²) in [6.07, 6.45) is 0.509. The molecule has 1 aliphatic heterocycles. The van der Waals surface area contributed by atoms with Gasteiger partial charge in [-0.2, -0.15) is 12.6 Å². The molecule has 80 valence electrons. The molecule has 1 heterocycles. The molecule has 1 saturated heterocycles. The van der Waals surface area contributed by atoms with Crippen LogP contribution in [0.3, 0.4) is 0 Å². The van der Waals surface area contributed by atoms with Crippen LogP contribution >= 0.6 is 24.2 Å². The van der Waals surface area contributed by atoms with Crippen LogP contribution in [-0.4, -0.2) is 17.7 Å². The Balaban J connectivity index is 2.30. The number of aryl methyl sites for hydroxylation is 1. The van der Waals surface area contributed by atoms with Crippen LogP contribution in [0, 0.1) is 6.92 Å². The molecule has 4 heteroatoms. The van der Waals surface area contributed by atoms with E-state index in [4.69, 9.17) is 11.6 Å². The molecule has 15 heavy (non-hydrogen) atoms. The Labute approximate surface area is 99.6 Å². The van der Waals surface area contributed by atoms with Gasteiger partial charge in [-0.05, 0) is 24.6 Å². The van der Waals surface area contributed by atoms with Gasteiger partial charge in [0.15, 0.2) is 0 Å². The number of rotatable bonds is 1. The van der Waals surface area contributed by atoms with Crippen LogP contribution < -0.4 is 4.90 Å². The lowest BCUT2D eigenvalue weighted by Crippen LogP contribution is -2.24. The van der Waals surface area contributed by atoms with E-state index in [0.717, 1.165) is 11.3 Å². The van der Waals surface area contributed by atoms with E-state index in [9.17, 15) is 4.79 Å². The van der Waals surface area contributed by atoms with E-state index < -0.39 is 0 Å². The highest BCUT2D eigenvalue weighted by molar-refractivity contribution is 7.81. The summed E-state index contributed by atoms with van der Waals surface area (Å²) in [7, 11) is 0. The van der Waals surface area contributed by atoms with Gasteiger partial charge in [-0.1, -0.05) is 17.7 Å². The van der Waals surface area contributed by atoms with Crippen molar-refractivity contribution >= 4 is 35.8 Å². The largest absolute Gasteiger partial charge is 0.311 e. The van der Waals surface area contributed by atoms with Crippen molar-refractivity contribution in [3.63, 3.8) is 0 Å². The molecule has 0 aromatic heterocycles. The molecule has 0 radical (unpaired) electrons. The topological polar surface area (TPSA) is 20.3 Å². The van der Waals surface area contributed by atoms with Crippen molar-refractivity contribution in [2.45, 2.75) is 18.6 Å². The second-order valence-electron chi connectivity index (χ2n) is 3.80. The first-order valence-electron chi connectivity index (χ1n) is 4.82. The lowest BCUT2D eigenvalue weighted by atomic mass is 10.2. The normalized spacial score (nSPS) is 21.1. The van der Waals surface area contributed by atoms with E-state index in [2.05, 4.69) is 12.6 Å². The monoisotopic (exact) mass is 241 g/mol. The number of thiol groups is 1. The molecule has 0 spiro atoms. The molecule has 1 fully saturated rings. The van der Waals surface area contributed by atoms with Crippen molar-refractivity contribution in [1.29, 1.82) is 0 Å².